The number of aryl methyl sites for hydroxylation is 1. The van der Waals surface area contributed by atoms with Crippen LogP contribution in [-0.2, 0) is 16.2 Å². The molecule has 1 N–H and O–H groups in total. The van der Waals surface area contributed by atoms with Crippen LogP contribution in [0.25, 0.3) is 0 Å². The van der Waals surface area contributed by atoms with Crippen molar-refractivity contribution in [2.45, 2.75) is 31.0 Å². The molecular formula is C16H16F3NO2S. The Kier molecular flexibility index (Phi) is 4.81. The second-order valence-electron chi connectivity index (χ2n) is 5.22. The molecule has 0 saturated heterocycles. The van der Waals surface area contributed by atoms with Crippen molar-refractivity contribution in [1.82, 2.24) is 4.72 Å². The first-order valence-corrected chi connectivity index (χ1v) is 8.35. The lowest BCUT2D eigenvalue weighted by Crippen LogP contribution is -2.27. The maximum atomic E-state index is 12.5. The van der Waals surface area contributed by atoms with Crippen molar-refractivity contribution in [3.63, 3.8) is 0 Å². The second kappa shape index (κ2) is 6.33. The Morgan fingerprint density at radius 1 is 1.00 bits per heavy atom. The summed E-state index contributed by atoms with van der Waals surface area (Å²) in [5.41, 5.74) is 0.849. The first kappa shape index (κ1) is 17.5. The van der Waals surface area contributed by atoms with Gasteiger partial charge >= 0.3 is 6.18 Å². The summed E-state index contributed by atoms with van der Waals surface area (Å²) in [7, 11) is -3.90. The van der Waals surface area contributed by atoms with Crippen LogP contribution in [0.1, 0.15) is 29.7 Å². The van der Waals surface area contributed by atoms with Crippen molar-refractivity contribution in [1.29, 1.82) is 0 Å². The van der Waals surface area contributed by atoms with Crippen LogP contribution in [0.15, 0.2) is 53.4 Å². The van der Waals surface area contributed by atoms with E-state index in [-0.39, 0.29) is 4.90 Å². The lowest BCUT2D eigenvalue weighted by Gasteiger charge is -2.17. The van der Waals surface area contributed by atoms with E-state index < -0.39 is 27.8 Å². The number of hydrogen-bond donors (Lipinski definition) is 1. The molecule has 3 nitrogen and oxygen atoms in total. The summed E-state index contributed by atoms with van der Waals surface area (Å²) in [5, 5.41) is 0. The lowest BCUT2D eigenvalue weighted by atomic mass is 10.0. The van der Waals surface area contributed by atoms with Gasteiger partial charge in [-0.25, -0.2) is 13.1 Å². The first-order chi connectivity index (χ1) is 10.6. The molecule has 0 aromatic heterocycles. The predicted octanol–water partition coefficient (Wildman–Crippen LogP) is 4.05. The van der Waals surface area contributed by atoms with Gasteiger partial charge in [0.25, 0.3) is 0 Å². The summed E-state index contributed by atoms with van der Waals surface area (Å²) in [6, 6.07) is 10.2. The third-order valence-electron chi connectivity index (χ3n) is 3.48. The minimum Gasteiger partial charge on any atom is -0.207 e. The van der Waals surface area contributed by atoms with Gasteiger partial charge in [0.2, 0.25) is 10.0 Å². The van der Waals surface area contributed by atoms with Crippen LogP contribution in [0, 0.1) is 6.92 Å². The smallest absolute Gasteiger partial charge is 0.207 e. The van der Waals surface area contributed by atoms with E-state index in [2.05, 4.69) is 4.72 Å². The van der Waals surface area contributed by atoms with Gasteiger partial charge in [-0.1, -0.05) is 24.3 Å². The zero-order chi connectivity index (χ0) is 17.3. The summed E-state index contributed by atoms with van der Waals surface area (Å²) >= 11 is 0. The molecular weight excluding hydrogens is 327 g/mol. The highest BCUT2D eigenvalue weighted by molar-refractivity contribution is 7.89. The summed E-state index contributed by atoms with van der Waals surface area (Å²) in [6.07, 6.45) is -4.50. The minimum atomic E-state index is -4.50. The fourth-order valence-corrected chi connectivity index (χ4v) is 3.48. The number of halogens is 3. The fourth-order valence-electron chi connectivity index (χ4n) is 2.26. The van der Waals surface area contributed by atoms with Crippen LogP contribution >= 0.6 is 0 Å². The number of benzene rings is 2. The molecule has 0 heterocycles. The van der Waals surface area contributed by atoms with E-state index >= 15 is 0 Å². The average molecular weight is 343 g/mol. The Bertz CT molecular complexity index is 784. The summed E-state index contributed by atoms with van der Waals surface area (Å²) in [6.45, 7) is 3.54. The summed E-state index contributed by atoms with van der Waals surface area (Å²) in [5.74, 6) is 0. The Morgan fingerprint density at radius 2 is 1.57 bits per heavy atom. The van der Waals surface area contributed by atoms with Crippen LogP contribution in [-0.4, -0.2) is 8.42 Å². The zero-order valence-electron chi connectivity index (χ0n) is 12.6. The summed E-state index contributed by atoms with van der Waals surface area (Å²) < 4.78 is 64.7. The van der Waals surface area contributed by atoms with Gasteiger partial charge in [-0.3, -0.25) is 0 Å². The van der Waals surface area contributed by atoms with Crippen LogP contribution in [0.4, 0.5) is 13.2 Å². The van der Waals surface area contributed by atoms with Crippen LogP contribution in [0.5, 0.6) is 0 Å². The monoisotopic (exact) mass is 343 g/mol. The Morgan fingerprint density at radius 3 is 2.09 bits per heavy atom. The largest absolute Gasteiger partial charge is 0.416 e. The van der Waals surface area contributed by atoms with E-state index in [1.165, 1.54) is 0 Å². The topological polar surface area (TPSA) is 46.2 Å². The van der Waals surface area contributed by atoms with Gasteiger partial charge in [-0.2, -0.15) is 13.2 Å². The standard InChI is InChI=1S/C16H16F3NO2S/c1-11-5-3-4-6-15(11)12(2)20-23(21,22)14-9-7-13(8-10-14)16(17,18)19/h3-10,12,20H,1-2H3. The van der Waals surface area contributed by atoms with E-state index in [9.17, 15) is 21.6 Å². The normalized spacial score (nSPS) is 13.8. The third-order valence-corrected chi connectivity index (χ3v) is 5.04. The molecule has 0 fully saturated rings. The molecule has 0 amide bonds. The average Bonchev–Trinajstić information content (AvgIpc) is 2.46. The predicted molar refractivity (Wildman–Crippen MR) is 81.4 cm³/mol. The molecule has 2 aromatic carbocycles. The molecule has 0 bridgehead atoms. The molecule has 1 atom stereocenters. The van der Waals surface area contributed by atoms with Crippen molar-refractivity contribution in [3.05, 3.63) is 65.2 Å². The zero-order valence-corrected chi connectivity index (χ0v) is 13.4. The first-order valence-electron chi connectivity index (χ1n) is 6.86. The van der Waals surface area contributed by atoms with Gasteiger partial charge < -0.3 is 0 Å². The van der Waals surface area contributed by atoms with Gasteiger partial charge in [0.15, 0.2) is 0 Å². The molecule has 0 aliphatic rings. The van der Waals surface area contributed by atoms with E-state index in [4.69, 9.17) is 0 Å². The number of nitrogens with one attached hydrogen (secondary N) is 1. The van der Waals surface area contributed by atoms with Gasteiger partial charge in [0, 0.05) is 6.04 Å². The van der Waals surface area contributed by atoms with Gasteiger partial charge in [0.05, 0.1) is 10.5 Å². The number of sulfonamides is 1. The van der Waals surface area contributed by atoms with Gasteiger partial charge in [-0.15, -0.1) is 0 Å². The molecule has 0 radical (unpaired) electrons. The molecule has 124 valence electrons. The molecule has 7 heteroatoms. The molecule has 0 aliphatic carbocycles. The van der Waals surface area contributed by atoms with Crippen molar-refractivity contribution in [3.8, 4) is 0 Å². The Hall–Kier alpha value is -1.86. The quantitative estimate of drug-likeness (QED) is 0.910. The highest BCUT2D eigenvalue weighted by Crippen LogP contribution is 2.30. The molecule has 2 aromatic rings. The molecule has 0 aliphatic heterocycles. The fraction of sp³-hybridized carbons (Fsp3) is 0.250. The maximum Gasteiger partial charge on any atom is 0.416 e. The van der Waals surface area contributed by atoms with Gasteiger partial charge in [0.1, 0.15) is 0 Å². The third kappa shape index (κ3) is 4.11. The van der Waals surface area contributed by atoms with E-state index in [1.54, 1.807) is 19.1 Å². The van der Waals surface area contributed by atoms with Gasteiger partial charge in [-0.05, 0) is 49.2 Å². The molecule has 23 heavy (non-hydrogen) atoms. The summed E-state index contributed by atoms with van der Waals surface area (Å²) in [4.78, 5) is -0.203. The van der Waals surface area contributed by atoms with Crippen molar-refractivity contribution >= 4 is 10.0 Å². The maximum absolute atomic E-state index is 12.5. The van der Waals surface area contributed by atoms with E-state index in [1.807, 2.05) is 19.1 Å². The van der Waals surface area contributed by atoms with Crippen LogP contribution in [0.3, 0.4) is 0 Å². The highest BCUT2D eigenvalue weighted by atomic mass is 32.2. The molecule has 2 rings (SSSR count). The minimum absolute atomic E-state index is 0.203. The SMILES string of the molecule is Cc1ccccc1C(C)NS(=O)(=O)c1ccc(C(F)(F)F)cc1. The van der Waals surface area contributed by atoms with Crippen LogP contribution < -0.4 is 4.72 Å². The van der Waals surface area contributed by atoms with E-state index in [0.717, 1.165) is 35.4 Å². The molecule has 0 saturated carbocycles. The lowest BCUT2D eigenvalue weighted by molar-refractivity contribution is -0.137. The number of hydrogen-bond acceptors (Lipinski definition) is 2. The Balaban J connectivity index is 2.24. The van der Waals surface area contributed by atoms with Crippen LogP contribution in [0.2, 0.25) is 0 Å². The van der Waals surface area contributed by atoms with E-state index in [0.29, 0.717) is 0 Å². The molecule has 1 unspecified atom stereocenters. The van der Waals surface area contributed by atoms with Crippen molar-refractivity contribution < 1.29 is 21.6 Å². The number of alkyl halides is 3. The number of rotatable bonds is 4. The Labute approximate surface area is 133 Å². The van der Waals surface area contributed by atoms with Crippen molar-refractivity contribution in [2.75, 3.05) is 0 Å². The highest BCUT2D eigenvalue weighted by Gasteiger charge is 2.30. The van der Waals surface area contributed by atoms with Crippen molar-refractivity contribution in [2.24, 2.45) is 0 Å². The molecule has 0 spiro atoms. The second-order valence-corrected chi connectivity index (χ2v) is 6.94.